The van der Waals surface area contributed by atoms with Crippen LogP contribution >= 0.6 is 11.6 Å². The van der Waals surface area contributed by atoms with Crippen LogP contribution in [0.4, 0.5) is 0 Å². The van der Waals surface area contributed by atoms with E-state index in [0.29, 0.717) is 11.8 Å². The van der Waals surface area contributed by atoms with Crippen LogP contribution in [0, 0.1) is 11.8 Å². The fraction of sp³-hybridized carbons (Fsp3) is 0.562. The van der Waals surface area contributed by atoms with Gasteiger partial charge >= 0.3 is 0 Å². The van der Waals surface area contributed by atoms with E-state index in [0.717, 1.165) is 43.2 Å². The van der Waals surface area contributed by atoms with Crippen LogP contribution < -0.4 is 16.2 Å². The Labute approximate surface area is 135 Å². The summed E-state index contributed by atoms with van der Waals surface area (Å²) < 4.78 is 0. The smallest absolute Gasteiger partial charge is 0.241 e. The zero-order valence-electron chi connectivity index (χ0n) is 12.4. The lowest BCUT2D eigenvalue weighted by Crippen LogP contribution is -2.45. The summed E-state index contributed by atoms with van der Waals surface area (Å²) in [6.45, 7) is 3.91. The molecule has 4 atom stereocenters. The fourth-order valence-corrected chi connectivity index (χ4v) is 4.01. The third-order valence-electron chi connectivity index (χ3n) is 5.17. The first kappa shape index (κ1) is 14.5. The van der Waals surface area contributed by atoms with Crippen molar-refractivity contribution in [2.75, 3.05) is 26.2 Å². The SMILES string of the molecule is O=C(C1CC(c2ccc(Cl)cc2)NN1)N1C[C@H]2CNC[C@H]2C1. The number of amides is 1. The van der Waals surface area contributed by atoms with Crippen molar-refractivity contribution in [1.29, 1.82) is 0 Å². The first-order valence-corrected chi connectivity index (χ1v) is 8.34. The zero-order valence-corrected chi connectivity index (χ0v) is 13.1. The number of nitrogens with zero attached hydrogens (tertiary/aromatic N) is 1. The highest BCUT2D eigenvalue weighted by atomic mass is 35.5. The van der Waals surface area contributed by atoms with Crippen molar-refractivity contribution in [1.82, 2.24) is 21.1 Å². The van der Waals surface area contributed by atoms with E-state index in [1.807, 2.05) is 29.2 Å². The second-order valence-electron chi connectivity index (χ2n) is 6.60. The molecule has 0 bridgehead atoms. The Morgan fingerprint density at radius 2 is 1.77 bits per heavy atom. The molecule has 6 heteroatoms. The minimum Gasteiger partial charge on any atom is -0.341 e. The maximum atomic E-state index is 12.7. The standard InChI is InChI=1S/C16H21ClN4O/c17-13-3-1-10(2-4-13)14-5-15(20-19-14)16(22)21-8-11-6-18-7-12(11)9-21/h1-4,11-12,14-15,18-20H,5-9H2/t11-,12+,14?,15?. The van der Waals surface area contributed by atoms with Gasteiger partial charge in [-0.25, -0.2) is 10.9 Å². The van der Waals surface area contributed by atoms with Crippen LogP contribution in [0.2, 0.25) is 5.02 Å². The van der Waals surface area contributed by atoms with Gasteiger partial charge in [-0.05, 0) is 36.0 Å². The predicted octanol–water partition coefficient (Wildman–Crippen LogP) is 0.925. The first-order chi connectivity index (χ1) is 10.7. The minimum absolute atomic E-state index is 0.132. The Morgan fingerprint density at radius 3 is 2.45 bits per heavy atom. The summed E-state index contributed by atoms with van der Waals surface area (Å²) in [4.78, 5) is 14.7. The normalized spacial score (nSPS) is 34.1. The third kappa shape index (κ3) is 2.63. The third-order valence-corrected chi connectivity index (χ3v) is 5.43. The lowest BCUT2D eigenvalue weighted by molar-refractivity contribution is -0.132. The van der Waals surface area contributed by atoms with Crippen LogP contribution in [0.1, 0.15) is 18.0 Å². The van der Waals surface area contributed by atoms with Crippen LogP contribution in [-0.4, -0.2) is 43.0 Å². The van der Waals surface area contributed by atoms with Crippen molar-refractivity contribution >= 4 is 17.5 Å². The van der Waals surface area contributed by atoms with Crippen molar-refractivity contribution in [2.45, 2.75) is 18.5 Å². The van der Waals surface area contributed by atoms with Crippen LogP contribution in [0.15, 0.2) is 24.3 Å². The maximum Gasteiger partial charge on any atom is 0.241 e. The molecule has 1 amide bonds. The van der Waals surface area contributed by atoms with E-state index < -0.39 is 0 Å². The van der Waals surface area contributed by atoms with Crippen molar-refractivity contribution in [3.05, 3.63) is 34.9 Å². The molecule has 0 aliphatic carbocycles. The van der Waals surface area contributed by atoms with Crippen molar-refractivity contribution in [2.24, 2.45) is 11.8 Å². The van der Waals surface area contributed by atoms with Crippen LogP contribution in [0.5, 0.6) is 0 Å². The number of likely N-dealkylation sites (tertiary alicyclic amines) is 1. The van der Waals surface area contributed by atoms with Crippen molar-refractivity contribution in [3.8, 4) is 0 Å². The second kappa shape index (κ2) is 5.81. The molecule has 3 saturated heterocycles. The van der Waals surface area contributed by atoms with Crippen LogP contribution in [0.3, 0.4) is 0 Å². The lowest BCUT2D eigenvalue weighted by atomic mass is 10.0. The summed E-state index contributed by atoms with van der Waals surface area (Å²) in [7, 11) is 0. The number of hydrogen-bond acceptors (Lipinski definition) is 4. The van der Waals surface area contributed by atoms with Gasteiger partial charge < -0.3 is 10.2 Å². The van der Waals surface area contributed by atoms with Gasteiger partial charge in [0.25, 0.3) is 0 Å². The molecule has 3 N–H and O–H groups in total. The first-order valence-electron chi connectivity index (χ1n) is 7.97. The Morgan fingerprint density at radius 1 is 1.09 bits per heavy atom. The number of fused-ring (bicyclic) bond motifs is 1. The van der Waals surface area contributed by atoms with Gasteiger partial charge in [0.15, 0.2) is 0 Å². The molecule has 22 heavy (non-hydrogen) atoms. The largest absolute Gasteiger partial charge is 0.341 e. The molecule has 1 aromatic rings. The molecule has 0 radical (unpaired) electrons. The molecule has 118 valence electrons. The fourth-order valence-electron chi connectivity index (χ4n) is 3.89. The number of hydrogen-bond donors (Lipinski definition) is 3. The van der Waals surface area contributed by atoms with Gasteiger partial charge in [0, 0.05) is 37.2 Å². The second-order valence-corrected chi connectivity index (χ2v) is 7.04. The molecule has 0 saturated carbocycles. The topological polar surface area (TPSA) is 56.4 Å². The molecule has 3 aliphatic heterocycles. The minimum atomic E-state index is -0.132. The summed E-state index contributed by atoms with van der Waals surface area (Å²) in [5.41, 5.74) is 7.58. The molecule has 4 rings (SSSR count). The molecule has 3 heterocycles. The van der Waals surface area contributed by atoms with E-state index in [1.165, 1.54) is 0 Å². The molecule has 0 aromatic heterocycles. The number of nitrogens with one attached hydrogen (secondary N) is 3. The number of rotatable bonds is 2. The van der Waals surface area contributed by atoms with E-state index >= 15 is 0 Å². The Bertz CT molecular complexity index is 552. The number of benzene rings is 1. The molecule has 3 fully saturated rings. The number of carbonyl (C=O) groups excluding carboxylic acids is 1. The lowest BCUT2D eigenvalue weighted by Gasteiger charge is -2.21. The highest BCUT2D eigenvalue weighted by Crippen LogP contribution is 2.29. The molecule has 0 spiro atoms. The van der Waals surface area contributed by atoms with Gasteiger partial charge in [0.05, 0.1) is 0 Å². The number of halogens is 1. The van der Waals surface area contributed by atoms with Gasteiger partial charge in [-0.15, -0.1) is 0 Å². The van der Waals surface area contributed by atoms with Crippen LogP contribution in [-0.2, 0) is 4.79 Å². The van der Waals surface area contributed by atoms with E-state index in [2.05, 4.69) is 16.2 Å². The van der Waals surface area contributed by atoms with Gasteiger partial charge in [-0.1, -0.05) is 23.7 Å². The summed E-state index contributed by atoms with van der Waals surface area (Å²) in [5, 5.41) is 4.15. The van der Waals surface area contributed by atoms with Crippen molar-refractivity contribution in [3.63, 3.8) is 0 Å². The molecule has 2 unspecified atom stereocenters. The van der Waals surface area contributed by atoms with Gasteiger partial charge in [0.1, 0.15) is 6.04 Å². The van der Waals surface area contributed by atoms with Gasteiger partial charge in [0.2, 0.25) is 5.91 Å². The van der Waals surface area contributed by atoms with E-state index in [4.69, 9.17) is 11.6 Å². The average Bonchev–Trinajstić information content (AvgIpc) is 3.22. The predicted molar refractivity (Wildman–Crippen MR) is 85.3 cm³/mol. The molecule has 3 aliphatic rings. The monoisotopic (exact) mass is 320 g/mol. The van der Waals surface area contributed by atoms with Crippen molar-refractivity contribution < 1.29 is 4.79 Å². The molecule has 1 aromatic carbocycles. The summed E-state index contributed by atoms with van der Waals surface area (Å²) >= 11 is 5.93. The summed E-state index contributed by atoms with van der Waals surface area (Å²) in [6, 6.07) is 7.84. The quantitative estimate of drug-likeness (QED) is 0.759. The Balaban J connectivity index is 1.38. The van der Waals surface area contributed by atoms with Gasteiger partial charge in [-0.2, -0.15) is 0 Å². The molecule has 5 nitrogen and oxygen atoms in total. The number of hydrazine groups is 1. The average molecular weight is 321 g/mol. The van der Waals surface area contributed by atoms with E-state index in [1.54, 1.807) is 0 Å². The summed E-state index contributed by atoms with van der Waals surface area (Å²) in [6.07, 6.45) is 0.782. The number of carbonyl (C=O) groups is 1. The highest BCUT2D eigenvalue weighted by Gasteiger charge is 2.41. The Hall–Kier alpha value is -1.14. The highest BCUT2D eigenvalue weighted by molar-refractivity contribution is 6.30. The molecular weight excluding hydrogens is 300 g/mol. The maximum absolute atomic E-state index is 12.7. The van der Waals surface area contributed by atoms with Gasteiger partial charge in [-0.3, -0.25) is 4.79 Å². The van der Waals surface area contributed by atoms with Crippen LogP contribution in [0.25, 0.3) is 0 Å². The van der Waals surface area contributed by atoms with E-state index in [-0.39, 0.29) is 18.0 Å². The zero-order chi connectivity index (χ0) is 15.1. The van der Waals surface area contributed by atoms with E-state index in [9.17, 15) is 4.79 Å². The summed E-state index contributed by atoms with van der Waals surface area (Å²) in [5.74, 6) is 1.52. The Kier molecular flexibility index (Phi) is 3.82. The molecular formula is C16H21ClN4O.